The number of benzene rings is 1. The highest BCUT2D eigenvalue weighted by molar-refractivity contribution is 7.99. The van der Waals surface area contributed by atoms with E-state index >= 15 is 0 Å². The molecule has 0 aliphatic rings. The van der Waals surface area contributed by atoms with Crippen molar-refractivity contribution in [3.8, 4) is 0 Å². The molecule has 0 saturated heterocycles. The lowest BCUT2D eigenvalue weighted by Crippen LogP contribution is -2.18. The lowest BCUT2D eigenvalue weighted by atomic mass is 10.1. The average Bonchev–Trinajstić information content (AvgIpc) is 2.67. The van der Waals surface area contributed by atoms with Crippen molar-refractivity contribution in [3.05, 3.63) is 47.9 Å². The summed E-state index contributed by atoms with van der Waals surface area (Å²) in [5.41, 5.74) is 7.17. The number of hydrogen-bond donors (Lipinski definition) is 1. The zero-order valence-corrected chi connectivity index (χ0v) is 11.0. The normalized spacial score (nSPS) is 12.6. The van der Waals surface area contributed by atoms with Crippen LogP contribution in [0.4, 0.5) is 0 Å². The molecule has 0 aliphatic carbocycles. The Morgan fingerprint density at radius 2 is 2.00 bits per heavy atom. The van der Waals surface area contributed by atoms with Crippen molar-refractivity contribution >= 4 is 11.8 Å². The summed E-state index contributed by atoms with van der Waals surface area (Å²) in [5.74, 6) is 0.964. The van der Waals surface area contributed by atoms with Gasteiger partial charge in [-0.25, -0.2) is 0 Å². The van der Waals surface area contributed by atoms with Crippen molar-refractivity contribution in [2.24, 2.45) is 5.73 Å². The number of aryl methyl sites for hydroxylation is 1. The fourth-order valence-electron chi connectivity index (χ4n) is 1.72. The second-order valence-corrected chi connectivity index (χ2v) is 5.32. The Hall–Kier alpha value is -1.19. The van der Waals surface area contributed by atoms with Crippen LogP contribution in [0, 0.1) is 6.92 Å². The van der Waals surface area contributed by atoms with Crippen LogP contribution in [0.5, 0.6) is 0 Å². The maximum atomic E-state index is 5.87. The van der Waals surface area contributed by atoms with Gasteiger partial charge in [0.1, 0.15) is 5.76 Å². The van der Waals surface area contributed by atoms with Gasteiger partial charge in [0, 0.05) is 10.9 Å². The van der Waals surface area contributed by atoms with Crippen molar-refractivity contribution in [1.82, 2.24) is 0 Å². The third kappa shape index (κ3) is 3.14. The molecule has 2 nitrogen and oxygen atoms in total. The SMILES string of the molecule is Cc1occc1Sc1ccccc1CC(C)N. The Balaban J connectivity index is 2.23. The molecule has 3 heteroatoms. The summed E-state index contributed by atoms with van der Waals surface area (Å²) >= 11 is 1.74. The Morgan fingerprint density at radius 1 is 1.24 bits per heavy atom. The number of rotatable bonds is 4. The maximum absolute atomic E-state index is 5.87. The summed E-state index contributed by atoms with van der Waals surface area (Å²) in [5, 5.41) is 0. The third-order valence-corrected chi connectivity index (χ3v) is 3.81. The molecule has 1 unspecified atom stereocenters. The Kier molecular flexibility index (Phi) is 3.92. The highest BCUT2D eigenvalue weighted by Crippen LogP contribution is 2.33. The largest absolute Gasteiger partial charge is 0.468 e. The van der Waals surface area contributed by atoms with Gasteiger partial charge in [0.2, 0.25) is 0 Å². The highest BCUT2D eigenvalue weighted by atomic mass is 32.2. The molecular weight excluding hydrogens is 230 g/mol. The molecule has 2 N–H and O–H groups in total. The summed E-state index contributed by atoms with van der Waals surface area (Å²) in [6.45, 7) is 4.01. The monoisotopic (exact) mass is 247 g/mol. The summed E-state index contributed by atoms with van der Waals surface area (Å²) in [4.78, 5) is 2.43. The lowest BCUT2D eigenvalue weighted by molar-refractivity contribution is 0.527. The molecule has 1 aromatic carbocycles. The Morgan fingerprint density at radius 3 is 2.65 bits per heavy atom. The molecule has 0 saturated carbocycles. The van der Waals surface area contributed by atoms with E-state index in [1.54, 1.807) is 18.0 Å². The first kappa shape index (κ1) is 12.3. The number of nitrogens with two attached hydrogens (primary N) is 1. The molecule has 0 spiro atoms. The molecule has 1 heterocycles. The standard InChI is InChI=1S/C14H17NOS/c1-10(15)9-12-5-3-4-6-14(12)17-13-7-8-16-11(13)2/h3-8,10H,9,15H2,1-2H3. The van der Waals surface area contributed by atoms with E-state index in [4.69, 9.17) is 10.2 Å². The van der Waals surface area contributed by atoms with Gasteiger partial charge in [-0.05, 0) is 38.0 Å². The number of hydrogen-bond acceptors (Lipinski definition) is 3. The van der Waals surface area contributed by atoms with Crippen LogP contribution < -0.4 is 5.73 Å². The van der Waals surface area contributed by atoms with Gasteiger partial charge >= 0.3 is 0 Å². The first-order chi connectivity index (χ1) is 8.16. The van der Waals surface area contributed by atoms with Crippen molar-refractivity contribution in [2.45, 2.75) is 36.1 Å². The average molecular weight is 247 g/mol. The molecule has 0 amide bonds. The van der Waals surface area contributed by atoms with Crippen LogP contribution in [0.2, 0.25) is 0 Å². The molecule has 0 bridgehead atoms. The molecule has 0 radical (unpaired) electrons. The zero-order chi connectivity index (χ0) is 12.3. The molecule has 2 aromatic rings. The van der Waals surface area contributed by atoms with Gasteiger partial charge in [-0.15, -0.1) is 0 Å². The Labute approximate surface area is 106 Å². The van der Waals surface area contributed by atoms with Crippen molar-refractivity contribution in [3.63, 3.8) is 0 Å². The van der Waals surface area contributed by atoms with E-state index in [-0.39, 0.29) is 6.04 Å². The lowest BCUT2D eigenvalue weighted by Gasteiger charge is -2.10. The van der Waals surface area contributed by atoms with E-state index in [1.807, 2.05) is 19.9 Å². The predicted molar refractivity (Wildman–Crippen MR) is 71.4 cm³/mol. The minimum Gasteiger partial charge on any atom is -0.468 e. The van der Waals surface area contributed by atoms with E-state index in [0.717, 1.165) is 12.2 Å². The van der Waals surface area contributed by atoms with Gasteiger partial charge in [-0.1, -0.05) is 30.0 Å². The van der Waals surface area contributed by atoms with Crippen LogP contribution in [0.3, 0.4) is 0 Å². The third-order valence-electron chi connectivity index (χ3n) is 2.55. The molecule has 2 rings (SSSR count). The first-order valence-corrected chi connectivity index (χ1v) is 6.54. The Bertz CT molecular complexity index is 490. The van der Waals surface area contributed by atoms with Crippen molar-refractivity contribution in [1.29, 1.82) is 0 Å². The topological polar surface area (TPSA) is 39.2 Å². The minimum atomic E-state index is 0.183. The molecular formula is C14H17NOS. The van der Waals surface area contributed by atoms with Crippen LogP contribution in [-0.2, 0) is 6.42 Å². The van der Waals surface area contributed by atoms with Gasteiger partial charge in [0.05, 0.1) is 11.2 Å². The van der Waals surface area contributed by atoms with Crippen molar-refractivity contribution < 1.29 is 4.42 Å². The van der Waals surface area contributed by atoms with Gasteiger partial charge in [0.25, 0.3) is 0 Å². The predicted octanol–water partition coefficient (Wildman–Crippen LogP) is 3.63. The zero-order valence-electron chi connectivity index (χ0n) is 10.1. The van der Waals surface area contributed by atoms with Crippen LogP contribution >= 0.6 is 11.8 Å². The fourth-order valence-corrected chi connectivity index (χ4v) is 2.70. The summed E-state index contributed by atoms with van der Waals surface area (Å²) in [7, 11) is 0. The molecule has 0 aliphatic heterocycles. The van der Waals surface area contributed by atoms with E-state index < -0.39 is 0 Å². The molecule has 1 aromatic heterocycles. The second-order valence-electron chi connectivity index (χ2n) is 4.23. The second kappa shape index (κ2) is 5.43. The maximum Gasteiger partial charge on any atom is 0.114 e. The quantitative estimate of drug-likeness (QED) is 0.896. The minimum absolute atomic E-state index is 0.183. The highest BCUT2D eigenvalue weighted by Gasteiger charge is 2.08. The smallest absolute Gasteiger partial charge is 0.114 e. The van der Waals surface area contributed by atoms with E-state index in [2.05, 4.69) is 24.3 Å². The summed E-state index contributed by atoms with van der Waals surface area (Å²) in [6.07, 6.45) is 2.63. The van der Waals surface area contributed by atoms with Crippen LogP contribution in [0.25, 0.3) is 0 Å². The van der Waals surface area contributed by atoms with Crippen LogP contribution in [0.15, 0.2) is 50.8 Å². The summed E-state index contributed by atoms with van der Waals surface area (Å²) < 4.78 is 5.31. The molecule has 17 heavy (non-hydrogen) atoms. The number of furan rings is 1. The van der Waals surface area contributed by atoms with Crippen LogP contribution in [0.1, 0.15) is 18.2 Å². The molecule has 0 fully saturated rings. The molecule has 90 valence electrons. The van der Waals surface area contributed by atoms with E-state index in [9.17, 15) is 0 Å². The van der Waals surface area contributed by atoms with Gasteiger partial charge < -0.3 is 10.2 Å². The summed E-state index contributed by atoms with van der Waals surface area (Å²) in [6, 6.07) is 10.6. The van der Waals surface area contributed by atoms with Gasteiger partial charge in [-0.2, -0.15) is 0 Å². The van der Waals surface area contributed by atoms with Gasteiger partial charge in [0.15, 0.2) is 0 Å². The van der Waals surface area contributed by atoms with Gasteiger partial charge in [-0.3, -0.25) is 0 Å². The molecule has 1 atom stereocenters. The van der Waals surface area contributed by atoms with E-state index in [0.29, 0.717) is 0 Å². The van der Waals surface area contributed by atoms with E-state index in [1.165, 1.54) is 15.4 Å². The first-order valence-electron chi connectivity index (χ1n) is 5.72. The van der Waals surface area contributed by atoms with Crippen LogP contribution in [-0.4, -0.2) is 6.04 Å². The van der Waals surface area contributed by atoms with Crippen molar-refractivity contribution in [2.75, 3.05) is 0 Å². The fraction of sp³-hybridized carbons (Fsp3) is 0.286.